The number of fused-ring (bicyclic) bond motifs is 1. The smallest absolute Gasteiger partial charge is 0.300 e. The summed E-state index contributed by atoms with van der Waals surface area (Å²) in [6.07, 6.45) is 7.03. The van der Waals surface area contributed by atoms with Crippen molar-refractivity contribution in [3.63, 3.8) is 0 Å². The second kappa shape index (κ2) is 9.70. The van der Waals surface area contributed by atoms with E-state index in [1.54, 1.807) is 23.1 Å². The third kappa shape index (κ3) is 4.92. The van der Waals surface area contributed by atoms with Crippen LogP contribution in [0.4, 0.5) is 20.5 Å². The minimum absolute atomic E-state index is 0.0261. The van der Waals surface area contributed by atoms with Gasteiger partial charge in [0.25, 0.3) is 6.01 Å². The Hall–Kier alpha value is -3.00. The molecular formula is C26H29F2N3O3. The molecule has 180 valence electrons. The van der Waals surface area contributed by atoms with E-state index < -0.39 is 11.6 Å². The number of nitrogens with one attached hydrogen (secondary N) is 1. The Labute approximate surface area is 197 Å². The third-order valence-corrected chi connectivity index (χ3v) is 6.79. The van der Waals surface area contributed by atoms with Gasteiger partial charge in [0.1, 0.15) is 11.3 Å². The predicted octanol–water partition coefficient (Wildman–Crippen LogP) is 5.65. The van der Waals surface area contributed by atoms with Gasteiger partial charge in [0.2, 0.25) is 5.91 Å². The molecule has 5 rings (SSSR count). The number of aromatic nitrogens is 1. The van der Waals surface area contributed by atoms with Crippen molar-refractivity contribution in [2.45, 2.75) is 64.1 Å². The van der Waals surface area contributed by atoms with Crippen molar-refractivity contribution in [1.29, 1.82) is 0 Å². The average molecular weight is 470 g/mol. The standard InChI is InChI=1S/C26H29F2N3O3/c1-16-7-9-18(27)14-22(16)30-26-29-21-10-8-17(24(28)25(21)34-26)13-23(32)31-12-11-20(15-31)33-19-5-3-2-4-6-19/h7-10,14,19-20H,2-6,11-13,15H2,1H3,(H,29,30)/t20-/m1/s1. The average Bonchev–Trinajstić information content (AvgIpc) is 3.46. The lowest BCUT2D eigenvalue weighted by atomic mass is 9.97. The summed E-state index contributed by atoms with van der Waals surface area (Å²) in [5.41, 5.74) is 1.85. The Balaban J connectivity index is 1.24. The fourth-order valence-electron chi connectivity index (χ4n) is 4.85. The zero-order valence-corrected chi connectivity index (χ0v) is 19.3. The van der Waals surface area contributed by atoms with E-state index in [1.807, 2.05) is 6.92 Å². The second-order valence-electron chi connectivity index (χ2n) is 9.31. The summed E-state index contributed by atoms with van der Waals surface area (Å²) in [6.45, 7) is 3.00. The van der Waals surface area contributed by atoms with Crippen molar-refractivity contribution in [3.05, 3.63) is 53.1 Å². The highest BCUT2D eigenvalue weighted by Gasteiger charge is 2.30. The van der Waals surface area contributed by atoms with Crippen LogP contribution in [-0.4, -0.2) is 41.1 Å². The Morgan fingerprint density at radius 3 is 2.79 bits per heavy atom. The molecule has 1 aliphatic heterocycles. The number of aryl methyl sites for hydroxylation is 1. The Bertz CT molecular complexity index is 1190. The lowest BCUT2D eigenvalue weighted by Gasteiger charge is -2.25. The maximum Gasteiger partial charge on any atom is 0.300 e. The van der Waals surface area contributed by atoms with Crippen molar-refractivity contribution < 1.29 is 22.7 Å². The van der Waals surface area contributed by atoms with E-state index in [0.29, 0.717) is 30.4 Å². The Morgan fingerprint density at radius 1 is 1.15 bits per heavy atom. The number of benzene rings is 2. The quantitative estimate of drug-likeness (QED) is 0.505. The van der Waals surface area contributed by atoms with E-state index in [-0.39, 0.29) is 35.6 Å². The molecule has 3 aromatic rings. The van der Waals surface area contributed by atoms with E-state index in [0.717, 1.165) is 24.8 Å². The van der Waals surface area contributed by atoms with E-state index in [9.17, 15) is 9.18 Å². The first-order chi connectivity index (χ1) is 16.5. The first-order valence-corrected chi connectivity index (χ1v) is 12.0. The fourth-order valence-corrected chi connectivity index (χ4v) is 4.85. The molecule has 2 aromatic carbocycles. The highest BCUT2D eigenvalue weighted by Crippen LogP contribution is 2.29. The maximum atomic E-state index is 15.2. The Kier molecular flexibility index (Phi) is 6.50. The maximum absolute atomic E-state index is 15.2. The summed E-state index contributed by atoms with van der Waals surface area (Å²) < 4.78 is 40.5. The summed E-state index contributed by atoms with van der Waals surface area (Å²) in [4.78, 5) is 18.9. The summed E-state index contributed by atoms with van der Waals surface area (Å²) in [7, 11) is 0. The molecule has 1 saturated carbocycles. The van der Waals surface area contributed by atoms with Gasteiger partial charge >= 0.3 is 0 Å². The van der Waals surface area contributed by atoms with Crippen LogP contribution in [0.1, 0.15) is 49.7 Å². The number of halogens is 2. The van der Waals surface area contributed by atoms with Crippen molar-refractivity contribution in [2.75, 3.05) is 18.4 Å². The molecule has 1 saturated heterocycles. The first kappa shape index (κ1) is 22.8. The first-order valence-electron chi connectivity index (χ1n) is 12.0. The summed E-state index contributed by atoms with van der Waals surface area (Å²) >= 11 is 0. The van der Waals surface area contributed by atoms with E-state index in [4.69, 9.17) is 9.15 Å². The van der Waals surface area contributed by atoms with Crippen LogP contribution in [0.3, 0.4) is 0 Å². The molecule has 1 aliphatic carbocycles. The number of ether oxygens (including phenoxy) is 1. The van der Waals surface area contributed by atoms with Gasteiger partial charge in [-0.2, -0.15) is 4.98 Å². The number of hydrogen-bond acceptors (Lipinski definition) is 5. The van der Waals surface area contributed by atoms with Crippen LogP contribution in [0.5, 0.6) is 0 Å². The number of carbonyl (C=O) groups is 1. The van der Waals surface area contributed by atoms with Gasteiger partial charge in [-0.05, 0) is 49.9 Å². The SMILES string of the molecule is Cc1ccc(F)cc1Nc1nc2ccc(CC(=O)N3CC[C@@H](OC4CCCCC4)C3)c(F)c2o1. The van der Waals surface area contributed by atoms with E-state index >= 15 is 4.39 Å². The number of hydrogen-bond donors (Lipinski definition) is 1. The molecule has 0 unspecified atom stereocenters. The van der Waals surface area contributed by atoms with Crippen LogP contribution < -0.4 is 5.32 Å². The van der Waals surface area contributed by atoms with Crippen LogP contribution in [0.15, 0.2) is 34.7 Å². The fraction of sp³-hybridized carbons (Fsp3) is 0.462. The monoisotopic (exact) mass is 469 g/mol. The highest BCUT2D eigenvalue weighted by atomic mass is 19.1. The zero-order valence-electron chi connectivity index (χ0n) is 19.3. The van der Waals surface area contributed by atoms with Crippen LogP contribution in [0.25, 0.3) is 11.1 Å². The van der Waals surface area contributed by atoms with Gasteiger partial charge in [-0.15, -0.1) is 0 Å². The van der Waals surface area contributed by atoms with Gasteiger partial charge in [-0.1, -0.05) is 31.4 Å². The van der Waals surface area contributed by atoms with E-state index in [1.165, 1.54) is 31.4 Å². The molecule has 0 bridgehead atoms. The topological polar surface area (TPSA) is 67.6 Å². The molecule has 2 fully saturated rings. The molecule has 34 heavy (non-hydrogen) atoms. The molecule has 1 amide bonds. The summed E-state index contributed by atoms with van der Waals surface area (Å²) in [5.74, 6) is -1.12. The number of amides is 1. The van der Waals surface area contributed by atoms with Crippen LogP contribution in [-0.2, 0) is 16.0 Å². The van der Waals surface area contributed by atoms with Crippen molar-refractivity contribution in [1.82, 2.24) is 9.88 Å². The molecule has 1 aromatic heterocycles. The number of carbonyl (C=O) groups excluding carboxylic acids is 1. The molecule has 1 N–H and O–H groups in total. The normalized spacial score (nSPS) is 19.1. The summed E-state index contributed by atoms with van der Waals surface area (Å²) in [6, 6.07) is 7.59. The predicted molar refractivity (Wildman–Crippen MR) is 125 cm³/mol. The van der Waals surface area contributed by atoms with Crippen molar-refractivity contribution >= 4 is 28.7 Å². The second-order valence-corrected chi connectivity index (χ2v) is 9.31. The van der Waals surface area contributed by atoms with Gasteiger partial charge in [0.15, 0.2) is 11.4 Å². The van der Waals surface area contributed by atoms with E-state index in [2.05, 4.69) is 10.3 Å². The van der Waals surface area contributed by atoms with Crippen LogP contribution in [0, 0.1) is 18.6 Å². The lowest BCUT2D eigenvalue weighted by molar-refractivity contribution is -0.130. The van der Waals surface area contributed by atoms with Crippen molar-refractivity contribution in [3.8, 4) is 0 Å². The molecule has 1 atom stereocenters. The van der Waals surface area contributed by atoms with Crippen LogP contribution >= 0.6 is 0 Å². The molecule has 2 aliphatic rings. The van der Waals surface area contributed by atoms with Gasteiger partial charge in [0, 0.05) is 24.3 Å². The highest BCUT2D eigenvalue weighted by molar-refractivity contribution is 5.82. The van der Waals surface area contributed by atoms with Crippen molar-refractivity contribution in [2.24, 2.45) is 0 Å². The number of rotatable bonds is 6. The molecule has 0 spiro atoms. The van der Waals surface area contributed by atoms with Gasteiger partial charge in [0.05, 0.1) is 18.6 Å². The summed E-state index contributed by atoms with van der Waals surface area (Å²) in [5, 5.41) is 2.90. The minimum atomic E-state index is -0.600. The lowest BCUT2D eigenvalue weighted by Crippen LogP contribution is -2.33. The van der Waals surface area contributed by atoms with Gasteiger partial charge in [-0.25, -0.2) is 8.78 Å². The Morgan fingerprint density at radius 2 is 1.97 bits per heavy atom. The largest absolute Gasteiger partial charge is 0.420 e. The van der Waals surface area contributed by atoms with Gasteiger partial charge < -0.3 is 19.4 Å². The minimum Gasteiger partial charge on any atom is -0.420 e. The number of nitrogens with zero attached hydrogens (tertiary/aromatic N) is 2. The molecule has 8 heteroatoms. The number of oxazole rings is 1. The number of anilines is 2. The van der Waals surface area contributed by atoms with Crippen LogP contribution in [0.2, 0.25) is 0 Å². The van der Waals surface area contributed by atoms with Gasteiger partial charge in [-0.3, -0.25) is 4.79 Å². The number of likely N-dealkylation sites (tertiary alicyclic amines) is 1. The third-order valence-electron chi connectivity index (χ3n) is 6.79. The molecule has 6 nitrogen and oxygen atoms in total. The molecule has 0 radical (unpaired) electrons. The molecular weight excluding hydrogens is 440 g/mol. The zero-order chi connectivity index (χ0) is 23.7. The molecule has 2 heterocycles.